The highest BCUT2D eigenvalue weighted by molar-refractivity contribution is 5.83. The van der Waals surface area contributed by atoms with E-state index in [9.17, 15) is 0 Å². The molecular formula is C10H16N4. The molecule has 0 bridgehead atoms. The molecule has 14 heavy (non-hydrogen) atoms. The first-order valence-corrected chi connectivity index (χ1v) is 5.13. The second-order valence-electron chi connectivity index (χ2n) is 3.80. The summed E-state index contributed by atoms with van der Waals surface area (Å²) >= 11 is 0. The smallest absolute Gasteiger partial charge is 0.0973 e. The zero-order chi connectivity index (χ0) is 9.80. The third kappa shape index (κ3) is 2.13. The zero-order valence-electron chi connectivity index (χ0n) is 8.24. The predicted molar refractivity (Wildman–Crippen MR) is 55.9 cm³/mol. The van der Waals surface area contributed by atoms with Crippen LogP contribution in [0.4, 0.5) is 0 Å². The maximum atomic E-state index is 5.91. The Kier molecular flexibility index (Phi) is 2.81. The molecule has 1 saturated carbocycles. The first-order valence-electron chi connectivity index (χ1n) is 5.13. The van der Waals surface area contributed by atoms with Gasteiger partial charge in [-0.2, -0.15) is 0 Å². The number of hydrogen-bond acceptors (Lipinski definition) is 2. The number of nitrogens with two attached hydrogens (primary N) is 1. The minimum atomic E-state index is 0.526. The van der Waals surface area contributed by atoms with Crippen LogP contribution in [0.1, 0.15) is 31.4 Å². The van der Waals surface area contributed by atoms with Crippen molar-refractivity contribution in [2.75, 3.05) is 0 Å². The van der Waals surface area contributed by atoms with E-state index < -0.39 is 0 Å². The van der Waals surface area contributed by atoms with Gasteiger partial charge in [-0.05, 0) is 12.8 Å². The highest BCUT2D eigenvalue weighted by Crippen LogP contribution is 2.24. The van der Waals surface area contributed by atoms with E-state index in [2.05, 4.69) is 15.0 Å². The lowest BCUT2D eigenvalue weighted by Crippen LogP contribution is -2.21. The Bertz CT molecular complexity index is 296. The summed E-state index contributed by atoms with van der Waals surface area (Å²) in [6.07, 6.45) is 8.45. The summed E-state index contributed by atoms with van der Waals surface area (Å²) in [5.41, 5.74) is 6.93. The van der Waals surface area contributed by atoms with E-state index in [-0.39, 0.29) is 0 Å². The van der Waals surface area contributed by atoms with Crippen LogP contribution in [0.25, 0.3) is 0 Å². The third-order valence-electron chi connectivity index (χ3n) is 2.76. The number of H-pyrrole nitrogens is 1. The minimum Gasteiger partial charge on any atom is -0.387 e. The van der Waals surface area contributed by atoms with Crippen molar-refractivity contribution in [3.8, 4) is 0 Å². The van der Waals surface area contributed by atoms with Gasteiger partial charge in [-0.3, -0.25) is 4.99 Å². The van der Waals surface area contributed by atoms with Crippen LogP contribution in [0.5, 0.6) is 0 Å². The van der Waals surface area contributed by atoms with Gasteiger partial charge in [0, 0.05) is 12.1 Å². The van der Waals surface area contributed by atoms with Crippen molar-refractivity contribution in [3.05, 3.63) is 18.2 Å². The van der Waals surface area contributed by atoms with Crippen LogP contribution < -0.4 is 5.73 Å². The summed E-state index contributed by atoms with van der Waals surface area (Å²) in [6.45, 7) is 0.627. The van der Waals surface area contributed by atoms with Crippen LogP contribution in [0.15, 0.2) is 17.5 Å². The van der Waals surface area contributed by atoms with Crippen LogP contribution >= 0.6 is 0 Å². The molecule has 1 fully saturated rings. The lowest BCUT2D eigenvalue weighted by Gasteiger charge is -2.07. The van der Waals surface area contributed by atoms with E-state index in [0.29, 0.717) is 12.5 Å². The van der Waals surface area contributed by atoms with Crippen molar-refractivity contribution in [2.45, 2.75) is 32.2 Å². The van der Waals surface area contributed by atoms with Gasteiger partial charge in [0.15, 0.2) is 0 Å². The topological polar surface area (TPSA) is 67.1 Å². The lowest BCUT2D eigenvalue weighted by molar-refractivity contribution is 0.715. The Morgan fingerprint density at radius 3 is 3.00 bits per heavy atom. The van der Waals surface area contributed by atoms with E-state index in [1.807, 2.05) is 0 Å². The Balaban J connectivity index is 1.90. The average molecular weight is 192 g/mol. The average Bonchev–Trinajstić information content (AvgIpc) is 2.87. The predicted octanol–water partition coefficient (Wildman–Crippen LogP) is 1.46. The SMILES string of the molecule is NC(=NCc1cnc[nH]1)C1CCCC1. The summed E-state index contributed by atoms with van der Waals surface area (Å²) in [6, 6.07) is 0. The van der Waals surface area contributed by atoms with Crippen molar-refractivity contribution in [1.29, 1.82) is 0 Å². The highest BCUT2D eigenvalue weighted by atomic mass is 14.9. The minimum absolute atomic E-state index is 0.526. The van der Waals surface area contributed by atoms with Crippen molar-refractivity contribution in [3.63, 3.8) is 0 Å². The van der Waals surface area contributed by atoms with Gasteiger partial charge in [0.05, 0.1) is 24.4 Å². The number of hydrogen-bond donors (Lipinski definition) is 2. The molecule has 3 N–H and O–H groups in total. The van der Waals surface area contributed by atoms with Crippen LogP contribution in [0.2, 0.25) is 0 Å². The fraction of sp³-hybridized carbons (Fsp3) is 0.600. The zero-order valence-corrected chi connectivity index (χ0v) is 8.24. The summed E-state index contributed by atoms with van der Waals surface area (Å²) in [5.74, 6) is 1.34. The van der Waals surface area contributed by atoms with Crippen molar-refractivity contribution >= 4 is 5.84 Å². The van der Waals surface area contributed by atoms with Gasteiger partial charge >= 0.3 is 0 Å². The first kappa shape index (κ1) is 9.24. The number of rotatable bonds is 3. The molecule has 1 aromatic heterocycles. The normalized spacial score (nSPS) is 19.0. The van der Waals surface area contributed by atoms with Crippen molar-refractivity contribution < 1.29 is 0 Å². The molecule has 0 atom stereocenters. The molecule has 0 unspecified atom stereocenters. The molecule has 76 valence electrons. The van der Waals surface area contributed by atoms with E-state index in [1.165, 1.54) is 25.7 Å². The Morgan fingerprint density at radius 2 is 2.36 bits per heavy atom. The van der Waals surface area contributed by atoms with Crippen molar-refractivity contribution in [2.24, 2.45) is 16.6 Å². The molecule has 0 saturated heterocycles. The van der Waals surface area contributed by atoms with E-state index in [4.69, 9.17) is 5.73 Å². The van der Waals surface area contributed by atoms with Crippen LogP contribution in [-0.2, 0) is 6.54 Å². The molecule has 1 aliphatic carbocycles. The monoisotopic (exact) mass is 192 g/mol. The largest absolute Gasteiger partial charge is 0.387 e. The maximum absolute atomic E-state index is 5.91. The van der Waals surface area contributed by atoms with Gasteiger partial charge in [0.2, 0.25) is 0 Å². The lowest BCUT2D eigenvalue weighted by atomic mass is 10.1. The molecule has 1 aromatic rings. The quantitative estimate of drug-likeness (QED) is 0.562. The Morgan fingerprint density at radius 1 is 1.57 bits per heavy atom. The van der Waals surface area contributed by atoms with E-state index in [0.717, 1.165) is 11.5 Å². The van der Waals surface area contributed by atoms with Crippen molar-refractivity contribution in [1.82, 2.24) is 9.97 Å². The number of aliphatic imine (C=N–C) groups is 1. The van der Waals surface area contributed by atoms with Gasteiger partial charge < -0.3 is 10.7 Å². The number of aromatic nitrogens is 2. The molecule has 4 nitrogen and oxygen atoms in total. The van der Waals surface area contributed by atoms with E-state index >= 15 is 0 Å². The molecule has 4 heteroatoms. The molecule has 1 heterocycles. The fourth-order valence-electron chi connectivity index (χ4n) is 1.90. The number of imidazole rings is 1. The number of aromatic amines is 1. The summed E-state index contributed by atoms with van der Waals surface area (Å²) in [5, 5.41) is 0. The molecule has 0 aromatic carbocycles. The molecular weight excluding hydrogens is 176 g/mol. The van der Waals surface area contributed by atoms with Gasteiger partial charge in [0.25, 0.3) is 0 Å². The molecule has 0 radical (unpaired) electrons. The summed E-state index contributed by atoms with van der Waals surface area (Å²) < 4.78 is 0. The van der Waals surface area contributed by atoms with Crippen LogP contribution in [0, 0.1) is 5.92 Å². The maximum Gasteiger partial charge on any atom is 0.0973 e. The van der Waals surface area contributed by atoms with E-state index in [1.54, 1.807) is 12.5 Å². The molecule has 1 aliphatic rings. The Hall–Kier alpha value is -1.32. The summed E-state index contributed by atoms with van der Waals surface area (Å²) in [7, 11) is 0. The van der Waals surface area contributed by atoms with Gasteiger partial charge in [0.1, 0.15) is 0 Å². The number of amidine groups is 1. The van der Waals surface area contributed by atoms with Gasteiger partial charge in [-0.1, -0.05) is 12.8 Å². The fourth-order valence-corrected chi connectivity index (χ4v) is 1.90. The van der Waals surface area contributed by atoms with Crippen LogP contribution in [0.3, 0.4) is 0 Å². The standard InChI is InChI=1S/C10H16N4/c11-10(8-3-1-2-4-8)13-6-9-5-12-7-14-9/h5,7-8H,1-4,6H2,(H2,11,13)(H,12,14). The molecule has 0 amide bonds. The van der Waals surface area contributed by atoms with Crippen LogP contribution in [-0.4, -0.2) is 15.8 Å². The molecule has 2 rings (SSSR count). The van der Waals surface area contributed by atoms with Gasteiger partial charge in [-0.15, -0.1) is 0 Å². The summed E-state index contributed by atoms with van der Waals surface area (Å²) in [4.78, 5) is 11.3. The Labute approximate surface area is 83.6 Å². The third-order valence-corrected chi connectivity index (χ3v) is 2.76. The molecule has 0 spiro atoms. The van der Waals surface area contributed by atoms with Gasteiger partial charge in [-0.25, -0.2) is 4.98 Å². The number of nitrogens with zero attached hydrogens (tertiary/aromatic N) is 2. The first-order chi connectivity index (χ1) is 6.86. The second kappa shape index (κ2) is 4.26. The molecule has 0 aliphatic heterocycles. The highest BCUT2D eigenvalue weighted by Gasteiger charge is 2.18. The number of nitrogens with one attached hydrogen (secondary N) is 1. The second-order valence-corrected chi connectivity index (χ2v) is 3.80.